The molecular formula is C24H20Cl2FN3O2S. The number of nitrogens with one attached hydrogen (secondary N) is 1. The maximum atomic E-state index is 13.7. The highest BCUT2D eigenvalue weighted by Crippen LogP contribution is 2.26. The number of hydrogen-bond donors (Lipinski definition) is 1. The van der Waals surface area contributed by atoms with Crippen LogP contribution in [0, 0.1) is 19.7 Å². The third-order valence-electron chi connectivity index (χ3n) is 5.06. The number of nitrogens with zero attached hydrogens (tertiary/aromatic N) is 2. The van der Waals surface area contributed by atoms with Gasteiger partial charge in [0.2, 0.25) is 0 Å². The number of anilines is 1. The van der Waals surface area contributed by atoms with Crippen molar-refractivity contribution in [1.29, 1.82) is 0 Å². The number of halogens is 3. The lowest BCUT2D eigenvalue weighted by molar-refractivity contribution is 0.103. The van der Waals surface area contributed by atoms with Gasteiger partial charge in [-0.15, -0.1) is 11.3 Å². The molecule has 0 atom stereocenters. The molecule has 9 heteroatoms. The summed E-state index contributed by atoms with van der Waals surface area (Å²) in [7, 11) is 0. The lowest BCUT2D eigenvalue weighted by atomic mass is 10.2. The van der Waals surface area contributed by atoms with Crippen LogP contribution >= 0.6 is 34.5 Å². The minimum Gasteiger partial charge on any atom is -0.486 e. The van der Waals surface area contributed by atoms with Crippen molar-refractivity contribution in [1.82, 2.24) is 9.78 Å². The van der Waals surface area contributed by atoms with E-state index in [-0.39, 0.29) is 18.3 Å². The molecule has 0 unspecified atom stereocenters. The first-order chi connectivity index (χ1) is 15.8. The predicted molar refractivity (Wildman–Crippen MR) is 130 cm³/mol. The highest BCUT2D eigenvalue weighted by Gasteiger charge is 2.17. The topological polar surface area (TPSA) is 56.2 Å². The number of benzene rings is 2. The van der Waals surface area contributed by atoms with Crippen LogP contribution in [0.5, 0.6) is 5.75 Å². The van der Waals surface area contributed by atoms with Crippen molar-refractivity contribution >= 4 is 46.1 Å². The summed E-state index contributed by atoms with van der Waals surface area (Å²) >= 11 is 13.6. The molecule has 2 aromatic heterocycles. The molecule has 0 aliphatic rings. The summed E-state index contributed by atoms with van der Waals surface area (Å²) in [5.41, 5.74) is 3.83. The summed E-state index contributed by atoms with van der Waals surface area (Å²) in [5, 5.41) is 10.5. The van der Waals surface area contributed by atoms with E-state index in [2.05, 4.69) is 10.4 Å². The van der Waals surface area contributed by atoms with Crippen LogP contribution in [0.1, 0.15) is 32.2 Å². The van der Waals surface area contributed by atoms with Crippen LogP contribution in [-0.4, -0.2) is 15.7 Å². The molecule has 170 valence electrons. The number of rotatable bonds is 7. The molecule has 2 heterocycles. The van der Waals surface area contributed by atoms with Gasteiger partial charge in [0.25, 0.3) is 5.91 Å². The molecule has 0 fully saturated rings. The lowest BCUT2D eigenvalue weighted by Gasteiger charge is -2.08. The fraction of sp³-hybridized carbons (Fsp3) is 0.167. The first-order valence-corrected chi connectivity index (χ1v) is 11.7. The van der Waals surface area contributed by atoms with Gasteiger partial charge < -0.3 is 10.1 Å². The Balaban J connectivity index is 1.44. The predicted octanol–water partition coefficient (Wildman–Crippen LogP) is 6.89. The second-order valence-corrected chi connectivity index (χ2v) is 9.19. The number of ether oxygens (including phenoxy) is 1. The van der Waals surface area contributed by atoms with Gasteiger partial charge in [-0.05, 0) is 55.1 Å². The quantitative estimate of drug-likeness (QED) is 0.298. The first kappa shape index (κ1) is 23.3. The third-order valence-corrected chi connectivity index (χ3v) is 6.63. The smallest absolute Gasteiger partial charge is 0.265 e. The van der Waals surface area contributed by atoms with Gasteiger partial charge in [-0.25, -0.2) is 4.39 Å². The van der Waals surface area contributed by atoms with Crippen LogP contribution in [0.3, 0.4) is 0 Å². The number of carbonyl (C=O) groups excluding carboxylic acids is 1. The number of thiophene rings is 1. The Hall–Kier alpha value is -2.87. The van der Waals surface area contributed by atoms with E-state index >= 15 is 0 Å². The summed E-state index contributed by atoms with van der Waals surface area (Å²) in [6, 6.07) is 13.3. The van der Waals surface area contributed by atoms with Gasteiger partial charge in [0, 0.05) is 15.6 Å². The Bertz CT molecular complexity index is 1320. The monoisotopic (exact) mass is 503 g/mol. The Morgan fingerprint density at radius 1 is 1.18 bits per heavy atom. The number of aryl methyl sites for hydroxylation is 1. The second kappa shape index (κ2) is 9.95. The largest absolute Gasteiger partial charge is 0.486 e. The molecule has 0 aliphatic carbocycles. The number of carbonyl (C=O) groups is 1. The summed E-state index contributed by atoms with van der Waals surface area (Å²) in [6.45, 7) is 4.35. The molecular weight excluding hydrogens is 484 g/mol. The fourth-order valence-corrected chi connectivity index (χ4v) is 4.57. The van der Waals surface area contributed by atoms with Crippen LogP contribution < -0.4 is 10.1 Å². The van der Waals surface area contributed by atoms with E-state index in [1.54, 1.807) is 41.1 Å². The Morgan fingerprint density at radius 3 is 2.73 bits per heavy atom. The zero-order chi connectivity index (χ0) is 23.5. The molecule has 0 bridgehead atoms. The van der Waals surface area contributed by atoms with Crippen molar-refractivity contribution in [2.75, 3.05) is 5.32 Å². The molecule has 0 spiro atoms. The van der Waals surface area contributed by atoms with Gasteiger partial charge in [0.1, 0.15) is 6.61 Å². The van der Waals surface area contributed by atoms with Gasteiger partial charge in [-0.1, -0.05) is 41.4 Å². The van der Waals surface area contributed by atoms with E-state index in [0.717, 1.165) is 16.8 Å². The molecule has 0 saturated carbocycles. The maximum absolute atomic E-state index is 13.7. The van der Waals surface area contributed by atoms with Crippen molar-refractivity contribution in [3.63, 3.8) is 0 Å². The maximum Gasteiger partial charge on any atom is 0.265 e. The number of para-hydroxylation sites is 1. The average molecular weight is 504 g/mol. The molecule has 1 amide bonds. The molecule has 0 saturated heterocycles. The van der Waals surface area contributed by atoms with Crippen LogP contribution in [0.2, 0.25) is 10.0 Å². The summed E-state index contributed by atoms with van der Waals surface area (Å²) in [4.78, 5) is 13.4. The van der Waals surface area contributed by atoms with Crippen LogP contribution in [-0.2, 0) is 13.2 Å². The van der Waals surface area contributed by atoms with Crippen molar-refractivity contribution in [2.24, 2.45) is 0 Å². The SMILES string of the molecule is Cc1nn(Cc2ccc(Cl)cc2Cl)c(C)c1NC(=O)c1cc(COc2ccccc2F)cs1. The Morgan fingerprint density at radius 2 is 1.97 bits per heavy atom. The van der Waals surface area contributed by atoms with Crippen molar-refractivity contribution < 1.29 is 13.9 Å². The number of amides is 1. The number of aromatic nitrogens is 2. The number of hydrogen-bond acceptors (Lipinski definition) is 4. The Labute approximate surface area is 204 Å². The van der Waals surface area contributed by atoms with Gasteiger partial charge in [-0.3, -0.25) is 9.48 Å². The highest BCUT2D eigenvalue weighted by atomic mass is 35.5. The molecule has 5 nitrogen and oxygen atoms in total. The highest BCUT2D eigenvalue weighted by molar-refractivity contribution is 7.12. The standard InChI is InChI=1S/C24H20Cl2FN3O2S/c1-14-23(15(2)30(29-14)11-17-7-8-18(25)10-19(17)26)28-24(31)22-9-16(13-33-22)12-32-21-6-4-3-5-20(21)27/h3-10,13H,11-12H2,1-2H3,(H,28,31). The van der Waals surface area contributed by atoms with E-state index in [4.69, 9.17) is 27.9 Å². The molecule has 4 aromatic rings. The van der Waals surface area contributed by atoms with E-state index in [1.807, 2.05) is 25.3 Å². The van der Waals surface area contributed by atoms with E-state index in [0.29, 0.717) is 32.8 Å². The van der Waals surface area contributed by atoms with E-state index in [1.165, 1.54) is 17.4 Å². The third kappa shape index (κ3) is 5.38. The molecule has 0 radical (unpaired) electrons. The molecule has 2 aromatic carbocycles. The van der Waals surface area contributed by atoms with Gasteiger partial charge >= 0.3 is 0 Å². The molecule has 0 aliphatic heterocycles. The van der Waals surface area contributed by atoms with Crippen LogP contribution in [0.15, 0.2) is 53.9 Å². The molecule has 33 heavy (non-hydrogen) atoms. The van der Waals surface area contributed by atoms with Gasteiger partial charge in [0.05, 0.1) is 28.5 Å². The van der Waals surface area contributed by atoms with E-state index in [9.17, 15) is 9.18 Å². The van der Waals surface area contributed by atoms with Crippen LogP contribution in [0.25, 0.3) is 0 Å². The van der Waals surface area contributed by atoms with Gasteiger partial charge in [-0.2, -0.15) is 5.10 Å². The minimum absolute atomic E-state index is 0.169. The first-order valence-electron chi connectivity index (χ1n) is 10.1. The fourth-order valence-electron chi connectivity index (χ4n) is 3.31. The summed E-state index contributed by atoms with van der Waals surface area (Å²) in [5.74, 6) is -0.491. The summed E-state index contributed by atoms with van der Waals surface area (Å²) in [6.07, 6.45) is 0. The summed E-state index contributed by atoms with van der Waals surface area (Å²) < 4.78 is 21.0. The van der Waals surface area contributed by atoms with Crippen molar-refractivity contribution in [3.8, 4) is 5.75 Å². The molecule has 4 rings (SSSR count). The van der Waals surface area contributed by atoms with Crippen molar-refractivity contribution in [3.05, 3.63) is 97.2 Å². The minimum atomic E-state index is -0.423. The Kier molecular flexibility index (Phi) is 7.02. The second-order valence-electron chi connectivity index (χ2n) is 7.43. The average Bonchev–Trinajstić information content (AvgIpc) is 3.35. The van der Waals surface area contributed by atoms with Gasteiger partial charge in [0.15, 0.2) is 11.6 Å². The van der Waals surface area contributed by atoms with Crippen molar-refractivity contribution in [2.45, 2.75) is 27.0 Å². The van der Waals surface area contributed by atoms with Crippen LogP contribution in [0.4, 0.5) is 10.1 Å². The normalized spacial score (nSPS) is 10.9. The zero-order valence-electron chi connectivity index (χ0n) is 17.9. The lowest BCUT2D eigenvalue weighted by Crippen LogP contribution is -2.12. The zero-order valence-corrected chi connectivity index (χ0v) is 20.2. The molecule has 1 N–H and O–H groups in total. The van der Waals surface area contributed by atoms with E-state index < -0.39 is 5.82 Å².